The van der Waals surface area contributed by atoms with Crippen molar-refractivity contribution in [2.75, 3.05) is 0 Å². The highest BCUT2D eigenvalue weighted by Crippen LogP contribution is 2.14. The van der Waals surface area contributed by atoms with Crippen LogP contribution in [0.15, 0.2) is 29.2 Å². The molecule has 0 aliphatic rings. The average molecular weight is 292 g/mol. The van der Waals surface area contributed by atoms with Gasteiger partial charge >= 0.3 is 5.97 Å². The molecule has 0 bridgehead atoms. The van der Waals surface area contributed by atoms with Gasteiger partial charge in [-0.15, -0.1) is 0 Å². The number of nitrogens with one attached hydrogen (secondary N) is 1. The molecule has 0 spiro atoms. The van der Waals surface area contributed by atoms with Gasteiger partial charge in [-0.25, -0.2) is 8.42 Å². The second kappa shape index (κ2) is 6.17. The monoisotopic (exact) mass is 291 g/mol. The van der Waals surface area contributed by atoms with Crippen LogP contribution in [0, 0.1) is 0 Å². The van der Waals surface area contributed by atoms with Gasteiger partial charge < -0.3 is 5.11 Å². The van der Waals surface area contributed by atoms with Crippen molar-refractivity contribution in [3.05, 3.63) is 29.3 Å². The second-order valence-corrected chi connectivity index (χ2v) is 5.91. The third kappa shape index (κ3) is 3.97. The minimum absolute atomic E-state index is 0.00532. The molecule has 0 aliphatic carbocycles. The van der Waals surface area contributed by atoms with Crippen molar-refractivity contribution < 1.29 is 18.3 Å². The normalized spacial score (nSPS) is 13.2. The fraction of sp³-hybridized carbons (Fsp3) is 0.364. The van der Waals surface area contributed by atoms with E-state index in [0.717, 1.165) is 0 Å². The van der Waals surface area contributed by atoms with E-state index in [-0.39, 0.29) is 11.3 Å². The van der Waals surface area contributed by atoms with Crippen LogP contribution < -0.4 is 4.72 Å². The smallest absolute Gasteiger partial charge is 0.321 e. The molecule has 0 saturated carbocycles. The van der Waals surface area contributed by atoms with E-state index in [2.05, 4.69) is 4.72 Å². The van der Waals surface area contributed by atoms with Gasteiger partial charge in [-0.05, 0) is 30.7 Å². The third-order valence-corrected chi connectivity index (χ3v) is 4.04. The number of sulfonamides is 1. The number of carboxylic acids is 1. The summed E-state index contributed by atoms with van der Waals surface area (Å²) in [4.78, 5) is 10.9. The standard InChI is InChI=1S/C11H14ClNO4S/c1-2-3-10(11(14)15)13-18(16,17)9-6-4-8(12)5-7-9/h4-7,10,13H,2-3H2,1H3,(H,14,15)/t10-/m0/s1. The summed E-state index contributed by atoms with van der Waals surface area (Å²) in [6.07, 6.45) is 0.808. The van der Waals surface area contributed by atoms with Crippen LogP contribution in [0.25, 0.3) is 0 Å². The molecule has 1 aromatic rings. The molecule has 0 fully saturated rings. The summed E-state index contributed by atoms with van der Waals surface area (Å²) in [7, 11) is -3.83. The van der Waals surface area contributed by atoms with Crippen LogP contribution in [0.5, 0.6) is 0 Å². The Morgan fingerprint density at radius 1 is 1.39 bits per heavy atom. The highest BCUT2D eigenvalue weighted by molar-refractivity contribution is 7.89. The largest absolute Gasteiger partial charge is 0.480 e. The number of halogens is 1. The number of carbonyl (C=O) groups is 1. The first kappa shape index (κ1) is 14.9. The van der Waals surface area contributed by atoms with Gasteiger partial charge in [0.05, 0.1) is 4.90 Å². The maximum atomic E-state index is 11.9. The molecular formula is C11H14ClNO4S. The van der Waals surface area contributed by atoms with Gasteiger partial charge in [0.2, 0.25) is 10.0 Å². The van der Waals surface area contributed by atoms with E-state index < -0.39 is 22.0 Å². The molecule has 5 nitrogen and oxygen atoms in total. The summed E-state index contributed by atoms with van der Waals surface area (Å²) in [5, 5.41) is 9.32. The third-order valence-electron chi connectivity index (χ3n) is 2.30. The highest BCUT2D eigenvalue weighted by atomic mass is 35.5. The zero-order valence-corrected chi connectivity index (χ0v) is 11.3. The molecule has 18 heavy (non-hydrogen) atoms. The second-order valence-electron chi connectivity index (χ2n) is 3.75. The predicted molar refractivity (Wildman–Crippen MR) is 68.1 cm³/mol. The van der Waals surface area contributed by atoms with Crippen LogP contribution in [-0.2, 0) is 14.8 Å². The number of benzene rings is 1. The van der Waals surface area contributed by atoms with Crippen LogP contribution in [-0.4, -0.2) is 25.5 Å². The molecule has 0 unspecified atom stereocenters. The Morgan fingerprint density at radius 2 is 1.94 bits per heavy atom. The van der Waals surface area contributed by atoms with Crippen molar-refractivity contribution >= 4 is 27.6 Å². The van der Waals surface area contributed by atoms with Gasteiger partial charge in [-0.2, -0.15) is 4.72 Å². The van der Waals surface area contributed by atoms with Crippen LogP contribution >= 0.6 is 11.6 Å². The number of aliphatic carboxylic acids is 1. The van der Waals surface area contributed by atoms with Crippen LogP contribution in [0.1, 0.15) is 19.8 Å². The minimum Gasteiger partial charge on any atom is -0.480 e. The first-order valence-corrected chi connectivity index (χ1v) is 7.23. The zero-order valence-electron chi connectivity index (χ0n) is 9.76. The first-order valence-electron chi connectivity index (χ1n) is 5.37. The average Bonchev–Trinajstić information content (AvgIpc) is 2.28. The van der Waals surface area contributed by atoms with Gasteiger partial charge in [0.1, 0.15) is 6.04 Å². The van der Waals surface area contributed by atoms with Crippen molar-refractivity contribution in [1.82, 2.24) is 4.72 Å². The summed E-state index contributed by atoms with van der Waals surface area (Å²) in [5.41, 5.74) is 0. The van der Waals surface area contributed by atoms with E-state index in [1.54, 1.807) is 6.92 Å². The number of hydrogen-bond acceptors (Lipinski definition) is 3. The van der Waals surface area contributed by atoms with Gasteiger partial charge in [-0.3, -0.25) is 4.79 Å². The van der Waals surface area contributed by atoms with E-state index in [0.29, 0.717) is 11.4 Å². The number of hydrogen-bond donors (Lipinski definition) is 2. The molecule has 100 valence electrons. The Labute approximate surface area is 111 Å². The van der Waals surface area contributed by atoms with Crippen molar-refractivity contribution in [1.29, 1.82) is 0 Å². The molecule has 1 rings (SSSR count). The van der Waals surface area contributed by atoms with Crippen molar-refractivity contribution in [3.63, 3.8) is 0 Å². The van der Waals surface area contributed by atoms with Gasteiger partial charge in [0.25, 0.3) is 0 Å². The summed E-state index contributed by atoms with van der Waals surface area (Å²) >= 11 is 5.66. The first-order chi connectivity index (χ1) is 8.36. The fourth-order valence-corrected chi connectivity index (χ4v) is 2.74. The molecule has 1 atom stereocenters. The molecule has 7 heteroatoms. The summed E-state index contributed by atoms with van der Waals surface area (Å²) < 4.78 is 26.0. The highest BCUT2D eigenvalue weighted by Gasteiger charge is 2.24. The Morgan fingerprint density at radius 3 is 2.39 bits per heavy atom. The topological polar surface area (TPSA) is 83.5 Å². The van der Waals surface area contributed by atoms with Crippen LogP contribution in [0.2, 0.25) is 5.02 Å². The Balaban J connectivity index is 2.93. The van der Waals surface area contributed by atoms with E-state index >= 15 is 0 Å². The van der Waals surface area contributed by atoms with Gasteiger partial charge in [0.15, 0.2) is 0 Å². The summed E-state index contributed by atoms with van der Waals surface area (Å²) in [6.45, 7) is 1.78. The predicted octanol–water partition coefficient (Wildman–Crippen LogP) is 1.87. The van der Waals surface area contributed by atoms with Crippen LogP contribution in [0.3, 0.4) is 0 Å². The molecule has 0 saturated heterocycles. The lowest BCUT2D eigenvalue weighted by molar-refractivity contribution is -0.139. The Bertz CT molecular complexity index is 512. The summed E-state index contributed by atoms with van der Waals surface area (Å²) in [5.74, 6) is -1.19. The lowest BCUT2D eigenvalue weighted by Gasteiger charge is -2.13. The molecule has 0 amide bonds. The van der Waals surface area contributed by atoms with E-state index in [4.69, 9.17) is 16.7 Å². The number of rotatable bonds is 6. The zero-order chi connectivity index (χ0) is 13.8. The molecule has 0 heterocycles. The molecular weight excluding hydrogens is 278 g/mol. The molecule has 0 radical (unpaired) electrons. The lowest BCUT2D eigenvalue weighted by Crippen LogP contribution is -2.40. The van der Waals surface area contributed by atoms with Crippen molar-refractivity contribution in [3.8, 4) is 0 Å². The van der Waals surface area contributed by atoms with Crippen LogP contribution in [0.4, 0.5) is 0 Å². The summed E-state index contributed by atoms with van der Waals surface area (Å²) in [6, 6.07) is 4.42. The maximum absolute atomic E-state index is 11.9. The quantitative estimate of drug-likeness (QED) is 0.838. The Kier molecular flexibility index (Phi) is 5.13. The van der Waals surface area contributed by atoms with E-state index in [1.807, 2.05) is 0 Å². The minimum atomic E-state index is -3.83. The van der Waals surface area contributed by atoms with Crippen molar-refractivity contribution in [2.24, 2.45) is 0 Å². The van der Waals surface area contributed by atoms with Gasteiger partial charge in [0, 0.05) is 5.02 Å². The van der Waals surface area contributed by atoms with E-state index in [9.17, 15) is 13.2 Å². The Hall–Kier alpha value is -1.11. The molecule has 0 aliphatic heterocycles. The molecule has 0 aromatic heterocycles. The van der Waals surface area contributed by atoms with Crippen molar-refractivity contribution in [2.45, 2.75) is 30.7 Å². The van der Waals surface area contributed by atoms with Gasteiger partial charge in [-0.1, -0.05) is 24.9 Å². The lowest BCUT2D eigenvalue weighted by atomic mass is 10.2. The molecule has 2 N–H and O–H groups in total. The fourth-order valence-electron chi connectivity index (χ4n) is 1.39. The maximum Gasteiger partial charge on any atom is 0.321 e. The van der Waals surface area contributed by atoms with E-state index in [1.165, 1.54) is 24.3 Å². The molecule has 1 aromatic carbocycles. The number of carboxylic acid groups (broad SMARTS) is 1. The SMILES string of the molecule is CCC[C@H](NS(=O)(=O)c1ccc(Cl)cc1)C(=O)O.